The quantitative estimate of drug-likeness (QED) is 0.707. The summed E-state index contributed by atoms with van der Waals surface area (Å²) in [5.41, 5.74) is 0.517. The third-order valence-corrected chi connectivity index (χ3v) is 4.90. The molecule has 98 valence electrons. The molecule has 2 rings (SSSR count). The molecule has 1 aliphatic carbocycles. The lowest BCUT2D eigenvalue weighted by atomic mass is 9.95. The highest BCUT2D eigenvalue weighted by Crippen LogP contribution is 2.30. The van der Waals surface area contributed by atoms with Crippen molar-refractivity contribution in [3.8, 4) is 0 Å². The van der Waals surface area contributed by atoms with Crippen molar-refractivity contribution in [1.29, 1.82) is 0 Å². The van der Waals surface area contributed by atoms with Crippen LogP contribution in [0.25, 0.3) is 0 Å². The average molecular weight is 396 g/mol. The van der Waals surface area contributed by atoms with Gasteiger partial charge in [0.1, 0.15) is 0 Å². The van der Waals surface area contributed by atoms with E-state index in [1.165, 1.54) is 19.3 Å². The van der Waals surface area contributed by atoms with Crippen LogP contribution in [0, 0.1) is 0 Å². The smallest absolute Gasteiger partial charge is 0.253 e. The van der Waals surface area contributed by atoms with E-state index in [2.05, 4.69) is 37.2 Å². The summed E-state index contributed by atoms with van der Waals surface area (Å²) in [6.07, 6.45) is 5.80. The van der Waals surface area contributed by atoms with Crippen molar-refractivity contribution in [2.24, 2.45) is 0 Å². The van der Waals surface area contributed by atoms with E-state index in [4.69, 9.17) is 11.6 Å². The van der Waals surface area contributed by atoms with Gasteiger partial charge in [-0.2, -0.15) is 0 Å². The lowest BCUT2D eigenvalue weighted by Crippen LogP contribution is -2.36. The number of carbonyl (C=O) groups excluding carboxylic acids is 1. The number of carbonyl (C=O) groups is 1. The van der Waals surface area contributed by atoms with Gasteiger partial charge < -0.3 is 5.32 Å². The summed E-state index contributed by atoms with van der Waals surface area (Å²) in [6, 6.07) is 3.88. The van der Waals surface area contributed by atoms with Gasteiger partial charge in [0.15, 0.2) is 0 Å². The second-order valence-corrected chi connectivity index (χ2v) is 6.71. The molecule has 0 bridgehead atoms. The molecule has 1 fully saturated rings. The van der Waals surface area contributed by atoms with E-state index in [0.717, 1.165) is 21.8 Å². The maximum absolute atomic E-state index is 12.2. The van der Waals surface area contributed by atoms with Gasteiger partial charge in [-0.1, -0.05) is 46.8 Å². The summed E-state index contributed by atoms with van der Waals surface area (Å²) < 4.78 is 1.57. The minimum atomic E-state index is -0.0890. The Morgan fingerprint density at radius 3 is 2.56 bits per heavy atom. The Labute approximate surface area is 129 Å². The van der Waals surface area contributed by atoms with Gasteiger partial charge in [0.05, 0.1) is 10.6 Å². The Kier molecular flexibility index (Phi) is 5.10. The SMILES string of the molecule is O=C(NC1CCCCC1)c1cc(Br)cc(Br)c1Cl. The monoisotopic (exact) mass is 393 g/mol. The van der Waals surface area contributed by atoms with E-state index in [9.17, 15) is 4.79 Å². The minimum absolute atomic E-state index is 0.0890. The Morgan fingerprint density at radius 1 is 1.22 bits per heavy atom. The molecule has 0 saturated heterocycles. The van der Waals surface area contributed by atoms with Gasteiger partial charge in [0.2, 0.25) is 0 Å². The molecule has 0 radical (unpaired) electrons. The standard InChI is InChI=1S/C13H14Br2ClNO/c14-8-6-10(12(16)11(15)7-8)13(18)17-9-4-2-1-3-5-9/h6-7,9H,1-5H2,(H,17,18). The first-order valence-corrected chi connectivity index (χ1v) is 7.99. The molecule has 18 heavy (non-hydrogen) atoms. The zero-order valence-corrected chi connectivity index (χ0v) is 13.7. The largest absolute Gasteiger partial charge is 0.349 e. The van der Waals surface area contributed by atoms with Crippen molar-refractivity contribution < 1.29 is 4.79 Å². The number of hydrogen-bond acceptors (Lipinski definition) is 1. The number of rotatable bonds is 2. The number of halogens is 3. The summed E-state index contributed by atoms with van der Waals surface area (Å²) >= 11 is 12.9. The molecule has 0 spiro atoms. The molecule has 0 unspecified atom stereocenters. The summed E-state index contributed by atoms with van der Waals surface area (Å²) in [5.74, 6) is -0.0890. The van der Waals surface area contributed by atoms with Crippen LogP contribution in [0.2, 0.25) is 5.02 Å². The minimum Gasteiger partial charge on any atom is -0.349 e. The fraction of sp³-hybridized carbons (Fsp3) is 0.462. The number of benzene rings is 1. The molecule has 0 heterocycles. The van der Waals surface area contributed by atoms with Crippen LogP contribution in [-0.4, -0.2) is 11.9 Å². The number of amides is 1. The van der Waals surface area contributed by atoms with Gasteiger partial charge in [0, 0.05) is 15.0 Å². The molecule has 1 aromatic carbocycles. The Bertz CT molecular complexity index is 459. The topological polar surface area (TPSA) is 29.1 Å². The van der Waals surface area contributed by atoms with Crippen molar-refractivity contribution >= 4 is 49.4 Å². The van der Waals surface area contributed by atoms with Crippen LogP contribution in [-0.2, 0) is 0 Å². The van der Waals surface area contributed by atoms with Crippen molar-refractivity contribution in [3.63, 3.8) is 0 Å². The highest BCUT2D eigenvalue weighted by molar-refractivity contribution is 9.11. The third kappa shape index (κ3) is 3.49. The summed E-state index contributed by atoms with van der Waals surface area (Å²) in [7, 11) is 0. The van der Waals surface area contributed by atoms with E-state index in [-0.39, 0.29) is 5.91 Å². The predicted octanol–water partition coefficient (Wildman–Crippen LogP) is 4.93. The van der Waals surface area contributed by atoms with Gasteiger partial charge in [-0.05, 0) is 40.9 Å². The second-order valence-electron chi connectivity index (χ2n) is 4.56. The Morgan fingerprint density at radius 2 is 1.89 bits per heavy atom. The zero-order chi connectivity index (χ0) is 13.1. The van der Waals surface area contributed by atoms with E-state index < -0.39 is 0 Å². The summed E-state index contributed by atoms with van der Waals surface area (Å²) in [4.78, 5) is 12.2. The number of nitrogens with one attached hydrogen (secondary N) is 1. The molecule has 1 saturated carbocycles. The van der Waals surface area contributed by atoms with E-state index in [1.54, 1.807) is 6.07 Å². The maximum atomic E-state index is 12.2. The van der Waals surface area contributed by atoms with Crippen LogP contribution in [0.3, 0.4) is 0 Å². The molecule has 1 N–H and O–H groups in total. The third-order valence-electron chi connectivity index (χ3n) is 3.18. The van der Waals surface area contributed by atoms with Crippen LogP contribution in [0.1, 0.15) is 42.5 Å². The molecule has 1 amide bonds. The molecule has 2 nitrogen and oxygen atoms in total. The van der Waals surface area contributed by atoms with Crippen molar-refractivity contribution in [1.82, 2.24) is 5.32 Å². The molecule has 0 aliphatic heterocycles. The highest BCUT2D eigenvalue weighted by atomic mass is 79.9. The van der Waals surface area contributed by atoms with Crippen molar-refractivity contribution in [2.75, 3.05) is 0 Å². The molecule has 0 aromatic heterocycles. The normalized spacial score (nSPS) is 16.6. The Balaban J connectivity index is 2.13. The highest BCUT2D eigenvalue weighted by Gasteiger charge is 2.19. The number of hydrogen-bond donors (Lipinski definition) is 1. The van der Waals surface area contributed by atoms with E-state index in [1.807, 2.05) is 6.07 Å². The fourth-order valence-electron chi connectivity index (χ4n) is 2.23. The van der Waals surface area contributed by atoms with Crippen LogP contribution in [0.5, 0.6) is 0 Å². The van der Waals surface area contributed by atoms with E-state index in [0.29, 0.717) is 16.6 Å². The molecular formula is C13H14Br2ClNO. The first-order chi connectivity index (χ1) is 8.58. The first kappa shape index (κ1) is 14.4. The van der Waals surface area contributed by atoms with Gasteiger partial charge in [0.25, 0.3) is 5.91 Å². The predicted molar refractivity (Wildman–Crippen MR) is 81.2 cm³/mol. The van der Waals surface area contributed by atoms with Crippen LogP contribution in [0.4, 0.5) is 0 Å². The van der Waals surface area contributed by atoms with Crippen LogP contribution in [0.15, 0.2) is 21.1 Å². The molecule has 1 aromatic rings. The lowest BCUT2D eigenvalue weighted by Gasteiger charge is -2.23. The van der Waals surface area contributed by atoms with Crippen molar-refractivity contribution in [2.45, 2.75) is 38.1 Å². The molecule has 1 aliphatic rings. The van der Waals surface area contributed by atoms with Gasteiger partial charge in [-0.15, -0.1) is 0 Å². The molecule has 5 heteroatoms. The van der Waals surface area contributed by atoms with E-state index >= 15 is 0 Å². The van der Waals surface area contributed by atoms with Gasteiger partial charge in [-0.3, -0.25) is 4.79 Å². The zero-order valence-electron chi connectivity index (χ0n) is 9.81. The molecule has 0 atom stereocenters. The van der Waals surface area contributed by atoms with Gasteiger partial charge in [-0.25, -0.2) is 0 Å². The maximum Gasteiger partial charge on any atom is 0.253 e. The van der Waals surface area contributed by atoms with Crippen LogP contribution >= 0.6 is 43.5 Å². The lowest BCUT2D eigenvalue weighted by molar-refractivity contribution is 0.0928. The van der Waals surface area contributed by atoms with Crippen LogP contribution < -0.4 is 5.32 Å². The van der Waals surface area contributed by atoms with Crippen molar-refractivity contribution in [3.05, 3.63) is 31.7 Å². The summed E-state index contributed by atoms with van der Waals surface area (Å²) in [5, 5.41) is 3.53. The Hall–Kier alpha value is -0.0600. The second kappa shape index (κ2) is 6.40. The first-order valence-electron chi connectivity index (χ1n) is 6.03. The average Bonchev–Trinajstić information content (AvgIpc) is 2.35. The summed E-state index contributed by atoms with van der Waals surface area (Å²) in [6.45, 7) is 0. The molecular weight excluding hydrogens is 381 g/mol. The fourth-order valence-corrected chi connectivity index (χ4v) is 3.65. The van der Waals surface area contributed by atoms with Gasteiger partial charge >= 0.3 is 0 Å².